The highest BCUT2D eigenvalue weighted by Crippen LogP contribution is 2.39. The molecule has 234 valence electrons. The minimum atomic E-state index is -3.49. The third-order valence-electron chi connectivity index (χ3n) is 7.72. The SMILES string of the molecule is C[C@H](COCCOCCn1cc(-c2nn(C3CCCCO3)c3ccc(O[Si](C)(C)C(C)(C)C)cc23)cn1)OS(C)(=O)=O. The molecule has 42 heavy (non-hydrogen) atoms. The average Bonchev–Trinajstić information content (AvgIpc) is 3.51. The van der Waals surface area contributed by atoms with Crippen molar-refractivity contribution in [3.63, 3.8) is 0 Å². The van der Waals surface area contributed by atoms with Crippen molar-refractivity contribution in [2.24, 2.45) is 0 Å². The summed E-state index contributed by atoms with van der Waals surface area (Å²) in [6.07, 6.45) is 7.34. The Morgan fingerprint density at radius 2 is 1.90 bits per heavy atom. The normalized spacial score (nSPS) is 17.5. The predicted molar refractivity (Wildman–Crippen MR) is 165 cm³/mol. The lowest BCUT2D eigenvalue weighted by Crippen LogP contribution is -2.43. The van der Waals surface area contributed by atoms with Crippen LogP contribution in [0.5, 0.6) is 5.75 Å². The molecule has 11 nitrogen and oxygen atoms in total. The maximum atomic E-state index is 11.2. The zero-order chi connectivity index (χ0) is 30.5. The van der Waals surface area contributed by atoms with Crippen molar-refractivity contribution >= 4 is 29.3 Å². The van der Waals surface area contributed by atoms with Gasteiger partial charge in [0.25, 0.3) is 10.1 Å². The molecule has 0 aliphatic carbocycles. The zero-order valence-electron chi connectivity index (χ0n) is 26.0. The first-order chi connectivity index (χ1) is 19.7. The fourth-order valence-electron chi connectivity index (χ4n) is 4.54. The van der Waals surface area contributed by atoms with E-state index in [0.717, 1.165) is 60.0 Å². The fourth-order valence-corrected chi connectivity index (χ4v) is 6.22. The van der Waals surface area contributed by atoms with Crippen molar-refractivity contribution in [1.82, 2.24) is 19.6 Å². The molecule has 3 aromatic rings. The lowest BCUT2D eigenvalue weighted by molar-refractivity contribution is -0.0365. The van der Waals surface area contributed by atoms with E-state index in [4.69, 9.17) is 27.9 Å². The van der Waals surface area contributed by atoms with E-state index in [9.17, 15) is 8.42 Å². The van der Waals surface area contributed by atoms with Gasteiger partial charge in [-0.1, -0.05) is 20.8 Å². The first-order valence-electron chi connectivity index (χ1n) is 14.6. The molecule has 1 aliphatic rings. The second-order valence-corrected chi connectivity index (χ2v) is 18.8. The Kier molecular flexibility index (Phi) is 10.5. The van der Waals surface area contributed by atoms with Crippen LogP contribution in [0.15, 0.2) is 30.6 Å². The predicted octanol–water partition coefficient (Wildman–Crippen LogP) is 5.38. The van der Waals surface area contributed by atoms with Crippen LogP contribution in [-0.2, 0) is 35.1 Å². The number of ether oxygens (including phenoxy) is 3. The Morgan fingerprint density at radius 1 is 1.14 bits per heavy atom. The van der Waals surface area contributed by atoms with Crippen LogP contribution in [0.4, 0.5) is 0 Å². The summed E-state index contributed by atoms with van der Waals surface area (Å²) >= 11 is 0. The van der Waals surface area contributed by atoms with E-state index in [1.165, 1.54) is 0 Å². The molecule has 0 N–H and O–H groups in total. The van der Waals surface area contributed by atoms with Crippen LogP contribution in [0, 0.1) is 0 Å². The van der Waals surface area contributed by atoms with E-state index in [1.807, 2.05) is 21.8 Å². The van der Waals surface area contributed by atoms with E-state index in [0.29, 0.717) is 26.4 Å². The van der Waals surface area contributed by atoms with Gasteiger partial charge in [-0.2, -0.15) is 18.6 Å². The first kappa shape index (κ1) is 32.6. The first-order valence-corrected chi connectivity index (χ1v) is 19.4. The Balaban J connectivity index is 1.43. The summed E-state index contributed by atoms with van der Waals surface area (Å²) in [4.78, 5) is 0. The number of benzene rings is 1. The monoisotopic (exact) mass is 622 g/mol. The highest BCUT2D eigenvalue weighted by atomic mass is 32.2. The number of hydrogen-bond acceptors (Lipinski definition) is 9. The molecule has 0 radical (unpaired) electrons. The van der Waals surface area contributed by atoms with Crippen molar-refractivity contribution in [2.45, 2.75) is 84.0 Å². The number of aromatic nitrogens is 4. The van der Waals surface area contributed by atoms with E-state index in [1.54, 1.807) is 6.92 Å². The topological polar surface area (TPSA) is 116 Å². The highest BCUT2D eigenvalue weighted by molar-refractivity contribution is 7.86. The van der Waals surface area contributed by atoms with E-state index in [-0.39, 0.29) is 17.9 Å². The second-order valence-electron chi connectivity index (χ2n) is 12.4. The van der Waals surface area contributed by atoms with E-state index < -0.39 is 24.5 Å². The maximum Gasteiger partial charge on any atom is 0.264 e. The summed E-state index contributed by atoms with van der Waals surface area (Å²) < 4.78 is 54.9. The molecule has 13 heteroatoms. The third-order valence-corrected chi connectivity index (χ3v) is 12.8. The Hall–Kier alpha value is -2.29. The molecular formula is C29H46N4O7SSi. The molecule has 1 aromatic carbocycles. The third kappa shape index (κ3) is 8.63. The van der Waals surface area contributed by atoms with Crippen molar-refractivity contribution < 1.29 is 31.2 Å². The van der Waals surface area contributed by atoms with Gasteiger partial charge in [-0.3, -0.25) is 8.86 Å². The molecule has 2 aromatic heterocycles. The Labute approximate surface area is 250 Å². The average molecular weight is 623 g/mol. The summed E-state index contributed by atoms with van der Waals surface area (Å²) in [5, 5.41) is 10.7. The highest BCUT2D eigenvalue weighted by Gasteiger charge is 2.39. The van der Waals surface area contributed by atoms with E-state index >= 15 is 0 Å². The van der Waals surface area contributed by atoms with Crippen LogP contribution in [0.2, 0.25) is 18.1 Å². The summed E-state index contributed by atoms with van der Waals surface area (Å²) in [6, 6.07) is 6.26. The number of fused-ring (bicyclic) bond motifs is 1. The van der Waals surface area contributed by atoms with Gasteiger partial charge in [0.15, 0.2) is 6.23 Å². The molecule has 0 amide bonds. The number of nitrogens with zero attached hydrogens (tertiary/aromatic N) is 4. The van der Waals surface area contributed by atoms with Gasteiger partial charge < -0.3 is 18.6 Å². The molecule has 4 rings (SSSR count). The van der Waals surface area contributed by atoms with Gasteiger partial charge in [-0.15, -0.1) is 0 Å². The van der Waals surface area contributed by atoms with Crippen LogP contribution < -0.4 is 4.43 Å². The van der Waals surface area contributed by atoms with Gasteiger partial charge in [-0.25, -0.2) is 4.68 Å². The van der Waals surface area contributed by atoms with Gasteiger partial charge in [0.05, 0.1) is 57.0 Å². The summed E-state index contributed by atoms with van der Waals surface area (Å²) in [5.41, 5.74) is 2.79. The number of hydrogen-bond donors (Lipinski definition) is 0. The standard InChI is InChI=1S/C29H46N4O7SSi/c1-22(39-41(5,34)35)21-37-17-16-36-15-13-32-20-23(19-30-32)28-25-18-24(40-42(6,7)29(2,3)4)11-12-26(25)33(31-28)27-10-8-9-14-38-27/h11-12,18-20,22,27H,8-10,13-17,21H2,1-7H3/t22-,27?/m1/s1. The van der Waals surface area contributed by atoms with Gasteiger partial charge in [0.2, 0.25) is 8.32 Å². The molecule has 0 spiro atoms. The Bertz CT molecular complexity index is 1430. The zero-order valence-corrected chi connectivity index (χ0v) is 27.8. The quantitative estimate of drug-likeness (QED) is 0.133. The minimum absolute atomic E-state index is 0.0886. The molecule has 1 saturated heterocycles. The fraction of sp³-hybridized carbons (Fsp3) is 0.655. The van der Waals surface area contributed by atoms with Crippen LogP contribution in [0.25, 0.3) is 22.2 Å². The van der Waals surface area contributed by atoms with Crippen LogP contribution in [0.3, 0.4) is 0 Å². The summed E-state index contributed by atoms with van der Waals surface area (Å²) in [6.45, 7) is 15.5. The molecular weight excluding hydrogens is 576 g/mol. The molecule has 0 bridgehead atoms. The summed E-state index contributed by atoms with van der Waals surface area (Å²) in [7, 11) is -5.51. The van der Waals surface area contributed by atoms with Gasteiger partial charge in [0.1, 0.15) is 11.4 Å². The van der Waals surface area contributed by atoms with E-state index in [2.05, 4.69) is 57.2 Å². The second kappa shape index (κ2) is 13.6. The van der Waals surface area contributed by atoms with Crippen LogP contribution >= 0.6 is 0 Å². The molecule has 2 atom stereocenters. The molecule has 1 fully saturated rings. The minimum Gasteiger partial charge on any atom is -0.543 e. The maximum absolute atomic E-state index is 11.2. The van der Waals surface area contributed by atoms with Gasteiger partial charge in [0, 0.05) is 23.8 Å². The van der Waals surface area contributed by atoms with Gasteiger partial charge in [-0.05, 0) is 62.5 Å². The smallest absolute Gasteiger partial charge is 0.264 e. The molecule has 1 aliphatic heterocycles. The summed E-state index contributed by atoms with van der Waals surface area (Å²) in [5.74, 6) is 0.861. The van der Waals surface area contributed by atoms with Crippen molar-refractivity contribution in [3.05, 3.63) is 30.6 Å². The molecule has 0 saturated carbocycles. The lowest BCUT2D eigenvalue weighted by atomic mass is 10.1. The molecule has 3 heterocycles. The van der Waals surface area contributed by atoms with Crippen molar-refractivity contribution in [1.29, 1.82) is 0 Å². The number of rotatable bonds is 14. The lowest BCUT2D eigenvalue weighted by Gasteiger charge is -2.36. The molecule has 1 unspecified atom stereocenters. The van der Waals surface area contributed by atoms with Gasteiger partial charge >= 0.3 is 0 Å². The van der Waals surface area contributed by atoms with Crippen LogP contribution in [0.1, 0.15) is 53.2 Å². The largest absolute Gasteiger partial charge is 0.543 e. The van der Waals surface area contributed by atoms with Crippen LogP contribution in [-0.4, -0.2) is 81.7 Å². The van der Waals surface area contributed by atoms with Crippen molar-refractivity contribution in [2.75, 3.05) is 39.3 Å². The Morgan fingerprint density at radius 3 is 2.60 bits per heavy atom. The van der Waals surface area contributed by atoms with Crippen molar-refractivity contribution in [3.8, 4) is 17.0 Å².